The first-order valence-electron chi connectivity index (χ1n) is 6.15. The Morgan fingerprint density at radius 3 is 2.48 bits per heavy atom. The van der Waals surface area contributed by atoms with Gasteiger partial charge in [-0.05, 0) is 42.8 Å². The van der Waals surface area contributed by atoms with Gasteiger partial charge in [0.05, 0.1) is 4.90 Å². The fourth-order valence-electron chi connectivity index (χ4n) is 1.74. The lowest BCUT2D eigenvalue weighted by molar-refractivity contribution is 0.102. The van der Waals surface area contributed by atoms with Gasteiger partial charge in [0.25, 0.3) is 5.91 Å². The van der Waals surface area contributed by atoms with Crippen LogP contribution in [0.5, 0.6) is 0 Å². The van der Waals surface area contributed by atoms with Crippen LogP contribution in [0.1, 0.15) is 15.9 Å². The van der Waals surface area contributed by atoms with Gasteiger partial charge in [-0.3, -0.25) is 4.79 Å². The van der Waals surface area contributed by atoms with E-state index in [9.17, 15) is 13.2 Å². The monoisotopic (exact) mass is 367 g/mol. The summed E-state index contributed by atoms with van der Waals surface area (Å²) in [7, 11) is -3.30. The average Bonchev–Trinajstić information content (AvgIpc) is 2.41. The second-order valence-corrected chi connectivity index (χ2v) is 7.59. The van der Waals surface area contributed by atoms with Crippen molar-refractivity contribution in [3.05, 3.63) is 58.1 Å². The molecule has 0 aliphatic carbocycles. The first kappa shape index (κ1) is 15.7. The largest absolute Gasteiger partial charge is 0.322 e. The zero-order valence-corrected chi connectivity index (χ0v) is 14.0. The number of rotatable bonds is 3. The third-order valence-corrected chi connectivity index (χ3v) is 4.92. The maximum Gasteiger partial charge on any atom is 0.255 e. The molecule has 0 saturated carbocycles. The highest BCUT2D eigenvalue weighted by Gasteiger charge is 2.11. The van der Waals surface area contributed by atoms with Gasteiger partial charge in [0.2, 0.25) is 0 Å². The summed E-state index contributed by atoms with van der Waals surface area (Å²) in [5, 5.41) is 2.69. The number of hydrogen-bond donors (Lipinski definition) is 1. The number of benzene rings is 2. The molecule has 0 spiro atoms. The molecular formula is C15H14BrNO3S. The Labute approximate surface area is 132 Å². The highest BCUT2D eigenvalue weighted by molar-refractivity contribution is 9.10. The molecule has 1 N–H and O–H groups in total. The van der Waals surface area contributed by atoms with E-state index in [-0.39, 0.29) is 10.8 Å². The normalized spacial score (nSPS) is 11.2. The first-order chi connectivity index (χ1) is 9.77. The molecule has 110 valence electrons. The van der Waals surface area contributed by atoms with E-state index in [4.69, 9.17) is 0 Å². The maximum absolute atomic E-state index is 12.2. The van der Waals surface area contributed by atoms with Crippen LogP contribution in [0.2, 0.25) is 0 Å². The van der Waals surface area contributed by atoms with Crippen LogP contribution < -0.4 is 5.32 Å². The van der Waals surface area contributed by atoms with Crippen LogP contribution in [-0.2, 0) is 9.84 Å². The van der Waals surface area contributed by atoms with Gasteiger partial charge in [-0.1, -0.05) is 28.1 Å². The van der Waals surface area contributed by atoms with Crippen LogP contribution in [0.3, 0.4) is 0 Å². The Bertz CT molecular complexity index is 800. The smallest absolute Gasteiger partial charge is 0.255 e. The Hall–Kier alpha value is -1.66. The van der Waals surface area contributed by atoms with Crippen LogP contribution >= 0.6 is 15.9 Å². The molecule has 4 nitrogen and oxygen atoms in total. The minimum absolute atomic E-state index is 0.172. The molecule has 0 heterocycles. The van der Waals surface area contributed by atoms with E-state index in [1.54, 1.807) is 24.3 Å². The van der Waals surface area contributed by atoms with Gasteiger partial charge in [-0.2, -0.15) is 0 Å². The number of sulfone groups is 1. The van der Waals surface area contributed by atoms with E-state index < -0.39 is 9.84 Å². The number of carbonyl (C=O) groups excluding carboxylic acids is 1. The number of amides is 1. The van der Waals surface area contributed by atoms with Crippen LogP contribution in [0, 0.1) is 6.92 Å². The minimum Gasteiger partial charge on any atom is -0.322 e. The lowest BCUT2D eigenvalue weighted by atomic mass is 10.1. The van der Waals surface area contributed by atoms with Gasteiger partial charge in [0.15, 0.2) is 9.84 Å². The average molecular weight is 368 g/mol. The van der Waals surface area contributed by atoms with Crippen LogP contribution in [0.25, 0.3) is 0 Å². The predicted octanol–water partition coefficient (Wildman–Crippen LogP) is 3.41. The summed E-state index contributed by atoms with van der Waals surface area (Å²) in [6, 6.07) is 11.5. The van der Waals surface area contributed by atoms with Gasteiger partial charge >= 0.3 is 0 Å². The van der Waals surface area contributed by atoms with E-state index in [0.717, 1.165) is 16.3 Å². The van der Waals surface area contributed by atoms with E-state index in [1.807, 2.05) is 13.0 Å². The van der Waals surface area contributed by atoms with E-state index >= 15 is 0 Å². The molecule has 1 amide bonds. The lowest BCUT2D eigenvalue weighted by Crippen LogP contribution is -2.12. The molecule has 0 aromatic heterocycles. The summed E-state index contributed by atoms with van der Waals surface area (Å²) in [6.07, 6.45) is 1.13. The topological polar surface area (TPSA) is 63.2 Å². The van der Waals surface area contributed by atoms with Crippen molar-refractivity contribution < 1.29 is 13.2 Å². The zero-order chi connectivity index (χ0) is 15.6. The molecule has 0 aliphatic rings. The number of anilines is 1. The predicted molar refractivity (Wildman–Crippen MR) is 86.4 cm³/mol. The van der Waals surface area contributed by atoms with Crippen LogP contribution in [-0.4, -0.2) is 20.6 Å². The molecule has 2 rings (SSSR count). The molecule has 0 saturated heterocycles. The standard InChI is InChI=1S/C15H14BrNO3S/c1-10-6-7-11(8-14(10)16)15(18)17-12-4-3-5-13(9-12)21(2,19)20/h3-9H,1-2H3,(H,17,18). The third kappa shape index (κ3) is 3.92. The molecule has 0 radical (unpaired) electrons. The Balaban J connectivity index is 2.25. The molecule has 0 fully saturated rings. The van der Waals surface area contributed by atoms with Crippen molar-refractivity contribution in [2.75, 3.05) is 11.6 Å². The Kier molecular flexibility index (Phi) is 4.49. The second kappa shape index (κ2) is 5.99. The Morgan fingerprint density at radius 2 is 1.86 bits per heavy atom. The van der Waals surface area contributed by atoms with Gasteiger partial charge in [-0.25, -0.2) is 8.42 Å². The Morgan fingerprint density at radius 1 is 1.14 bits per heavy atom. The van der Waals surface area contributed by atoms with Gasteiger partial charge < -0.3 is 5.32 Å². The van der Waals surface area contributed by atoms with Gasteiger partial charge in [0.1, 0.15) is 0 Å². The molecule has 6 heteroatoms. The zero-order valence-electron chi connectivity index (χ0n) is 11.6. The highest BCUT2D eigenvalue weighted by Crippen LogP contribution is 2.20. The van der Waals surface area contributed by atoms with Gasteiger partial charge in [0, 0.05) is 22.0 Å². The molecule has 2 aromatic rings. The van der Waals surface area contributed by atoms with E-state index in [2.05, 4.69) is 21.2 Å². The summed E-state index contributed by atoms with van der Waals surface area (Å²) in [5.41, 5.74) is 1.97. The van der Waals surface area contributed by atoms with Crippen LogP contribution in [0.15, 0.2) is 51.8 Å². The van der Waals surface area contributed by atoms with Gasteiger partial charge in [-0.15, -0.1) is 0 Å². The SMILES string of the molecule is Cc1ccc(C(=O)Nc2cccc(S(C)(=O)=O)c2)cc1Br. The second-order valence-electron chi connectivity index (χ2n) is 4.72. The summed E-state index contributed by atoms with van der Waals surface area (Å²) < 4.78 is 23.9. The summed E-state index contributed by atoms with van der Waals surface area (Å²) in [6.45, 7) is 1.93. The number of hydrogen-bond acceptors (Lipinski definition) is 3. The summed E-state index contributed by atoms with van der Waals surface area (Å²) in [5.74, 6) is -0.290. The van der Waals surface area contributed by atoms with E-state index in [1.165, 1.54) is 12.1 Å². The van der Waals surface area contributed by atoms with Crippen molar-refractivity contribution in [1.82, 2.24) is 0 Å². The number of aryl methyl sites for hydroxylation is 1. The molecule has 0 bridgehead atoms. The molecule has 0 atom stereocenters. The lowest BCUT2D eigenvalue weighted by Gasteiger charge is -2.08. The van der Waals surface area contributed by atoms with Crippen molar-refractivity contribution in [2.24, 2.45) is 0 Å². The van der Waals surface area contributed by atoms with Crippen molar-refractivity contribution >= 4 is 37.4 Å². The van der Waals surface area contributed by atoms with Crippen molar-refractivity contribution in [3.63, 3.8) is 0 Å². The van der Waals surface area contributed by atoms with Crippen molar-refractivity contribution in [3.8, 4) is 0 Å². The fraction of sp³-hybridized carbons (Fsp3) is 0.133. The number of carbonyl (C=O) groups is 1. The third-order valence-electron chi connectivity index (χ3n) is 2.95. The molecular weight excluding hydrogens is 354 g/mol. The number of nitrogens with one attached hydrogen (secondary N) is 1. The number of halogens is 1. The van der Waals surface area contributed by atoms with Crippen molar-refractivity contribution in [2.45, 2.75) is 11.8 Å². The minimum atomic E-state index is -3.30. The molecule has 21 heavy (non-hydrogen) atoms. The summed E-state index contributed by atoms with van der Waals surface area (Å²) >= 11 is 3.38. The molecule has 2 aromatic carbocycles. The molecule has 0 unspecified atom stereocenters. The van der Waals surface area contributed by atoms with Crippen LogP contribution in [0.4, 0.5) is 5.69 Å². The first-order valence-corrected chi connectivity index (χ1v) is 8.83. The fourth-order valence-corrected chi connectivity index (χ4v) is 2.79. The summed E-state index contributed by atoms with van der Waals surface area (Å²) in [4.78, 5) is 12.3. The highest BCUT2D eigenvalue weighted by atomic mass is 79.9. The molecule has 0 aliphatic heterocycles. The quantitative estimate of drug-likeness (QED) is 0.903. The van der Waals surface area contributed by atoms with Crippen molar-refractivity contribution in [1.29, 1.82) is 0 Å². The maximum atomic E-state index is 12.2. The van der Waals surface area contributed by atoms with E-state index in [0.29, 0.717) is 11.3 Å².